The molecule has 3 aliphatic heterocycles. The van der Waals surface area contributed by atoms with E-state index in [4.69, 9.17) is 9.72 Å². The topological polar surface area (TPSA) is 99.7 Å². The Morgan fingerprint density at radius 1 is 1.13 bits per heavy atom. The molecule has 0 unspecified atom stereocenters. The van der Waals surface area contributed by atoms with E-state index >= 15 is 8.78 Å². The van der Waals surface area contributed by atoms with Crippen LogP contribution >= 0.6 is 0 Å². The number of likely N-dealkylation sites (tertiary alicyclic amines) is 1. The molecule has 0 saturated carbocycles. The van der Waals surface area contributed by atoms with E-state index in [9.17, 15) is 19.7 Å². The SMILES string of the molecule is C=C(F)C(=O)N1CCN(c2c(C#N)c(OC[C@@H]3CCCN3C)nc3c2CCN(c2cccc4c2C(F)(F)CCC4)C3)C[C@@H]1CC#N. The average Bonchev–Trinajstić information content (AvgIpc) is 3.46. The van der Waals surface area contributed by atoms with Crippen molar-refractivity contribution in [3.8, 4) is 18.0 Å². The number of aryl methyl sites for hydroxylation is 1. The van der Waals surface area contributed by atoms with Gasteiger partial charge in [0.1, 0.15) is 18.2 Å². The molecule has 0 bridgehead atoms. The van der Waals surface area contributed by atoms with Crippen LogP contribution in [0.1, 0.15) is 60.1 Å². The van der Waals surface area contributed by atoms with E-state index in [-0.39, 0.29) is 55.5 Å². The van der Waals surface area contributed by atoms with E-state index in [0.29, 0.717) is 61.6 Å². The highest BCUT2D eigenvalue weighted by atomic mass is 19.3. The standard InChI is InChI=1S/C34H38F3N7O2/c1-22(35)33(45)44-17-16-43(19-24(44)10-13-38)31-26-11-15-42(29-9-3-6-23-7-4-12-34(36,37)30(23)29)20-28(26)40-32(27(31)18-39)46-21-25-8-5-14-41(25)2/h3,6,9,24-25H,1,4-5,7-8,10-12,14-17,19-21H2,2H3/t24-,25-/m0/s1. The van der Waals surface area contributed by atoms with Gasteiger partial charge in [0.15, 0.2) is 5.83 Å². The van der Waals surface area contributed by atoms with E-state index in [1.165, 1.54) is 4.90 Å². The predicted octanol–water partition coefficient (Wildman–Crippen LogP) is 4.83. The number of rotatable bonds is 7. The summed E-state index contributed by atoms with van der Waals surface area (Å²) in [4.78, 5) is 24.9. The van der Waals surface area contributed by atoms with Crippen molar-refractivity contribution in [2.24, 2.45) is 0 Å². The van der Waals surface area contributed by atoms with Crippen molar-refractivity contribution in [2.45, 2.75) is 69.5 Å². The Bertz CT molecular complexity index is 1620. The van der Waals surface area contributed by atoms with Crippen molar-refractivity contribution in [2.75, 3.05) is 56.2 Å². The van der Waals surface area contributed by atoms with E-state index in [2.05, 4.69) is 23.6 Å². The van der Waals surface area contributed by atoms with Crippen LogP contribution < -0.4 is 14.5 Å². The molecule has 1 aromatic carbocycles. The highest BCUT2D eigenvalue weighted by Gasteiger charge is 2.41. The molecule has 2 atom stereocenters. The Kier molecular flexibility index (Phi) is 8.84. The largest absolute Gasteiger partial charge is 0.475 e. The zero-order valence-corrected chi connectivity index (χ0v) is 26.1. The Morgan fingerprint density at radius 2 is 1.96 bits per heavy atom. The minimum absolute atomic E-state index is 0.0246. The lowest BCUT2D eigenvalue weighted by molar-refractivity contribution is -0.131. The van der Waals surface area contributed by atoms with Crippen molar-refractivity contribution in [1.29, 1.82) is 10.5 Å². The number of likely N-dealkylation sites (N-methyl/N-ethyl adjacent to an activating group) is 1. The van der Waals surface area contributed by atoms with E-state index in [1.807, 2.05) is 22.9 Å². The maximum Gasteiger partial charge on any atom is 0.282 e. The number of amides is 1. The van der Waals surface area contributed by atoms with Crippen LogP contribution in [0.25, 0.3) is 0 Å². The minimum atomic E-state index is -2.92. The lowest BCUT2D eigenvalue weighted by Crippen LogP contribution is -2.55. The number of hydrogen-bond donors (Lipinski definition) is 0. The molecule has 4 heterocycles. The monoisotopic (exact) mass is 633 g/mol. The van der Waals surface area contributed by atoms with Crippen molar-refractivity contribution in [3.05, 3.63) is 58.6 Å². The van der Waals surface area contributed by atoms with Gasteiger partial charge in [0.2, 0.25) is 5.88 Å². The fourth-order valence-corrected chi connectivity index (χ4v) is 7.53. The molecule has 12 heteroatoms. The number of benzene rings is 1. The van der Waals surface area contributed by atoms with E-state index < -0.39 is 23.7 Å². The summed E-state index contributed by atoms with van der Waals surface area (Å²) in [6.07, 6.45) is 3.29. The molecule has 4 aliphatic rings. The van der Waals surface area contributed by atoms with Crippen LogP contribution in [0, 0.1) is 22.7 Å². The number of ether oxygens (including phenoxy) is 1. The molecular formula is C34H38F3N7O2. The Hall–Kier alpha value is -4.29. The second-order valence-electron chi connectivity index (χ2n) is 12.7. The summed E-state index contributed by atoms with van der Waals surface area (Å²) in [7, 11) is 2.04. The summed E-state index contributed by atoms with van der Waals surface area (Å²) < 4.78 is 50.8. The van der Waals surface area contributed by atoms with Gasteiger partial charge < -0.3 is 24.3 Å². The zero-order chi connectivity index (χ0) is 32.6. The molecule has 1 aromatic heterocycles. The number of nitrogens with zero attached hydrogens (tertiary/aromatic N) is 7. The molecule has 2 saturated heterocycles. The maximum absolute atomic E-state index is 15.3. The first-order valence-electron chi connectivity index (χ1n) is 15.9. The molecule has 0 spiro atoms. The molecule has 2 aromatic rings. The van der Waals surface area contributed by atoms with E-state index in [0.717, 1.165) is 24.9 Å². The van der Waals surface area contributed by atoms with Gasteiger partial charge in [-0.05, 0) is 57.3 Å². The van der Waals surface area contributed by atoms with Crippen LogP contribution in [0.4, 0.5) is 24.5 Å². The summed E-state index contributed by atoms with van der Waals surface area (Å²) in [6, 6.07) is 9.33. The second kappa shape index (κ2) is 12.8. The van der Waals surface area contributed by atoms with Gasteiger partial charge in [-0.3, -0.25) is 4.79 Å². The van der Waals surface area contributed by atoms with Crippen LogP contribution in [0.15, 0.2) is 30.6 Å². The van der Waals surface area contributed by atoms with Gasteiger partial charge in [0, 0.05) is 55.5 Å². The normalized spacial score (nSPS) is 22.4. The first-order valence-corrected chi connectivity index (χ1v) is 15.9. The van der Waals surface area contributed by atoms with Gasteiger partial charge in [0.25, 0.3) is 11.8 Å². The number of pyridine rings is 1. The maximum atomic E-state index is 15.3. The Balaban J connectivity index is 1.39. The number of piperazine rings is 1. The highest BCUT2D eigenvalue weighted by Crippen LogP contribution is 2.46. The Labute approximate surface area is 267 Å². The molecular weight excluding hydrogens is 595 g/mol. The van der Waals surface area contributed by atoms with Crippen LogP contribution in [0.5, 0.6) is 5.88 Å². The van der Waals surface area contributed by atoms with Gasteiger partial charge in [-0.15, -0.1) is 0 Å². The number of anilines is 2. The number of halogens is 3. The first kappa shape index (κ1) is 31.7. The number of nitriles is 2. The molecule has 46 heavy (non-hydrogen) atoms. The van der Waals surface area contributed by atoms with E-state index in [1.54, 1.807) is 12.1 Å². The molecule has 2 fully saturated rings. The smallest absolute Gasteiger partial charge is 0.282 e. The number of carbonyl (C=O) groups is 1. The minimum Gasteiger partial charge on any atom is -0.475 e. The summed E-state index contributed by atoms with van der Waals surface area (Å²) in [6.45, 7) is 5.76. The number of carbonyl (C=O) groups excluding carboxylic acids is 1. The summed E-state index contributed by atoms with van der Waals surface area (Å²) in [5, 5.41) is 20.0. The molecule has 1 amide bonds. The number of alkyl halides is 2. The van der Waals surface area contributed by atoms with Crippen LogP contribution in [0.3, 0.4) is 0 Å². The van der Waals surface area contributed by atoms with Crippen molar-refractivity contribution in [3.63, 3.8) is 0 Å². The van der Waals surface area contributed by atoms with Gasteiger partial charge in [-0.1, -0.05) is 18.7 Å². The molecule has 0 radical (unpaired) electrons. The lowest BCUT2D eigenvalue weighted by Gasteiger charge is -2.43. The lowest BCUT2D eigenvalue weighted by atomic mass is 9.86. The zero-order valence-electron chi connectivity index (χ0n) is 26.1. The van der Waals surface area contributed by atoms with Crippen LogP contribution in [-0.2, 0) is 30.1 Å². The number of aromatic nitrogens is 1. The third-order valence-corrected chi connectivity index (χ3v) is 9.88. The van der Waals surface area contributed by atoms with Crippen molar-refractivity contribution in [1.82, 2.24) is 14.8 Å². The third kappa shape index (κ3) is 5.87. The van der Waals surface area contributed by atoms with Crippen molar-refractivity contribution < 1.29 is 22.7 Å². The fourth-order valence-electron chi connectivity index (χ4n) is 7.53. The molecule has 242 valence electrons. The molecule has 1 aliphatic carbocycles. The van der Waals surface area contributed by atoms with Gasteiger partial charge >= 0.3 is 0 Å². The van der Waals surface area contributed by atoms with Crippen LogP contribution in [0.2, 0.25) is 0 Å². The molecule has 9 nitrogen and oxygen atoms in total. The fraction of sp³-hybridized carbons (Fsp3) is 0.529. The third-order valence-electron chi connectivity index (χ3n) is 9.88. The number of hydrogen-bond acceptors (Lipinski definition) is 8. The summed E-state index contributed by atoms with van der Waals surface area (Å²) in [5.74, 6) is -4.67. The highest BCUT2D eigenvalue weighted by molar-refractivity contribution is 5.91. The van der Waals surface area contributed by atoms with Gasteiger partial charge in [-0.2, -0.15) is 10.5 Å². The van der Waals surface area contributed by atoms with Crippen LogP contribution in [-0.4, -0.2) is 79.2 Å². The summed E-state index contributed by atoms with van der Waals surface area (Å²) >= 11 is 0. The van der Waals surface area contributed by atoms with Gasteiger partial charge in [0.05, 0.1) is 36.5 Å². The second-order valence-corrected chi connectivity index (χ2v) is 12.7. The Morgan fingerprint density at radius 3 is 2.67 bits per heavy atom. The van der Waals surface area contributed by atoms with Crippen molar-refractivity contribution >= 4 is 17.3 Å². The first-order chi connectivity index (χ1) is 22.1. The molecule has 6 rings (SSSR count). The number of fused-ring (bicyclic) bond motifs is 2. The predicted molar refractivity (Wildman–Crippen MR) is 166 cm³/mol. The average molecular weight is 634 g/mol. The molecule has 0 N–H and O–H groups in total. The summed E-state index contributed by atoms with van der Waals surface area (Å²) in [5.41, 5.74) is 3.61. The van der Waals surface area contributed by atoms with Gasteiger partial charge in [-0.25, -0.2) is 18.2 Å². The quantitative estimate of drug-likeness (QED) is 0.400.